The minimum absolute atomic E-state index is 0.456. The van der Waals surface area contributed by atoms with Crippen LogP contribution >= 0.6 is 0 Å². The molecule has 2 aromatic rings. The molecule has 0 amide bonds. The van der Waals surface area contributed by atoms with E-state index in [-0.39, 0.29) is 0 Å². The van der Waals surface area contributed by atoms with Gasteiger partial charge in [0.2, 0.25) is 0 Å². The topological polar surface area (TPSA) is 42.4 Å². The molecule has 2 rings (SSSR count). The zero-order valence-corrected chi connectivity index (χ0v) is 11.9. The monoisotopic (exact) mass is 258 g/mol. The number of rotatable bonds is 5. The Morgan fingerprint density at radius 3 is 2.58 bits per heavy atom. The third kappa shape index (κ3) is 3.18. The zero-order valence-electron chi connectivity index (χ0n) is 11.9. The Morgan fingerprint density at radius 1 is 1.21 bits per heavy atom. The second-order valence-electron chi connectivity index (χ2n) is 4.85. The summed E-state index contributed by atoms with van der Waals surface area (Å²) in [7, 11) is 0. The Morgan fingerprint density at radius 2 is 2.00 bits per heavy atom. The van der Waals surface area contributed by atoms with Crippen molar-refractivity contribution in [2.24, 2.45) is 5.73 Å². The van der Waals surface area contributed by atoms with Gasteiger partial charge in [-0.25, -0.2) is 0 Å². The first-order valence-electron chi connectivity index (χ1n) is 6.74. The number of hydrogen-bond acceptors (Lipinski definition) is 3. The number of nitrogens with two attached hydrogens (primary N) is 1. The zero-order chi connectivity index (χ0) is 13.8. The van der Waals surface area contributed by atoms with Crippen molar-refractivity contribution in [3.8, 4) is 0 Å². The van der Waals surface area contributed by atoms with Gasteiger partial charge >= 0.3 is 0 Å². The molecule has 102 valence electrons. The maximum Gasteiger partial charge on any atom is 0.118 e. The van der Waals surface area contributed by atoms with Gasteiger partial charge in [0, 0.05) is 24.3 Å². The number of furan rings is 1. The molecule has 1 aromatic heterocycles. The van der Waals surface area contributed by atoms with Gasteiger partial charge in [-0.3, -0.25) is 0 Å². The number of nitrogens with zero attached hydrogens (tertiary/aromatic N) is 1. The van der Waals surface area contributed by atoms with Crippen LogP contribution in [-0.2, 0) is 13.1 Å². The van der Waals surface area contributed by atoms with Crippen LogP contribution in [0.1, 0.15) is 29.6 Å². The first-order valence-corrected chi connectivity index (χ1v) is 6.74. The SMILES string of the molecule is CCN(Cc1cc(CN)oc1C)c1cccc(C)c1. The summed E-state index contributed by atoms with van der Waals surface area (Å²) in [6.07, 6.45) is 0. The lowest BCUT2D eigenvalue weighted by Gasteiger charge is -2.23. The smallest absolute Gasteiger partial charge is 0.118 e. The van der Waals surface area contributed by atoms with Crippen LogP contribution in [0.3, 0.4) is 0 Å². The summed E-state index contributed by atoms with van der Waals surface area (Å²) in [5.74, 6) is 1.82. The van der Waals surface area contributed by atoms with Crippen molar-refractivity contribution in [3.05, 3.63) is 53.0 Å². The Balaban J connectivity index is 2.21. The van der Waals surface area contributed by atoms with Gasteiger partial charge < -0.3 is 15.1 Å². The third-order valence-corrected chi connectivity index (χ3v) is 3.38. The third-order valence-electron chi connectivity index (χ3n) is 3.38. The van der Waals surface area contributed by atoms with Crippen LogP contribution in [0.25, 0.3) is 0 Å². The first-order chi connectivity index (χ1) is 9.13. The number of hydrogen-bond donors (Lipinski definition) is 1. The molecule has 0 saturated carbocycles. The van der Waals surface area contributed by atoms with Crippen molar-refractivity contribution in [1.82, 2.24) is 0 Å². The number of benzene rings is 1. The molecular formula is C16H22N2O. The highest BCUT2D eigenvalue weighted by molar-refractivity contribution is 5.49. The van der Waals surface area contributed by atoms with Crippen LogP contribution in [-0.4, -0.2) is 6.54 Å². The van der Waals surface area contributed by atoms with Crippen molar-refractivity contribution in [2.45, 2.75) is 33.9 Å². The summed E-state index contributed by atoms with van der Waals surface area (Å²) in [6, 6.07) is 10.6. The fraction of sp³-hybridized carbons (Fsp3) is 0.375. The Kier molecular flexibility index (Phi) is 4.27. The molecule has 1 heterocycles. The molecule has 0 aliphatic carbocycles. The van der Waals surface area contributed by atoms with E-state index in [1.165, 1.54) is 16.8 Å². The van der Waals surface area contributed by atoms with Crippen molar-refractivity contribution >= 4 is 5.69 Å². The van der Waals surface area contributed by atoms with Crippen LogP contribution in [0.2, 0.25) is 0 Å². The fourth-order valence-corrected chi connectivity index (χ4v) is 2.26. The molecule has 0 aliphatic rings. The highest BCUT2D eigenvalue weighted by atomic mass is 16.3. The van der Waals surface area contributed by atoms with Crippen LogP contribution in [0.4, 0.5) is 5.69 Å². The van der Waals surface area contributed by atoms with Crippen molar-refractivity contribution < 1.29 is 4.42 Å². The highest BCUT2D eigenvalue weighted by Crippen LogP contribution is 2.21. The molecule has 0 radical (unpaired) electrons. The molecule has 0 fully saturated rings. The molecule has 1 aromatic carbocycles. The standard InChI is InChI=1S/C16H22N2O/c1-4-18(15-7-5-6-12(2)8-15)11-14-9-16(10-17)19-13(14)3/h5-9H,4,10-11,17H2,1-3H3. The molecule has 0 spiro atoms. The van der Waals surface area contributed by atoms with Crippen LogP contribution in [0.5, 0.6) is 0 Å². The van der Waals surface area contributed by atoms with Gasteiger partial charge in [-0.1, -0.05) is 12.1 Å². The van der Waals surface area contributed by atoms with E-state index in [9.17, 15) is 0 Å². The lowest BCUT2D eigenvalue weighted by molar-refractivity contribution is 0.482. The van der Waals surface area contributed by atoms with Gasteiger partial charge in [0.15, 0.2) is 0 Å². The number of aryl methyl sites for hydroxylation is 2. The van der Waals surface area contributed by atoms with Gasteiger partial charge in [-0.2, -0.15) is 0 Å². The molecule has 0 aliphatic heterocycles. The van der Waals surface area contributed by atoms with Gasteiger partial charge in [0.1, 0.15) is 11.5 Å². The molecule has 0 atom stereocenters. The number of anilines is 1. The van der Waals surface area contributed by atoms with Crippen LogP contribution in [0, 0.1) is 13.8 Å². The van der Waals surface area contributed by atoms with E-state index in [1.807, 2.05) is 6.92 Å². The van der Waals surface area contributed by atoms with E-state index in [4.69, 9.17) is 10.2 Å². The summed E-state index contributed by atoms with van der Waals surface area (Å²) in [5.41, 5.74) is 9.36. The summed E-state index contributed by atoms with van der Waals surface area (Å²) in [6.45, 7) is 8.56. The van der Waals surface area contributed by atoms with Gasteiger partial charge in [0.25, 0.3) is 0 Å². The van der Waals surface area contributed by atoms with Crippen molar-refractivity contribution in [3.63, 3.8) is 0 Å². The highest BCUT2D eigenvalue weighted by Gasteiger charge is 2.11. The molecule has 3 nitrogen and oxygen atoms in total. The largest absolute Gasteiger partial charge is 0.465 e. The van der Waals surface area contributed by atoms with Gasteiger partial charge in [-0.05, 0) is 44.5 Å². The summed E-state index contributed by atoms with van der Waals surface area (Å²) in [4.78, 5) is 2.34. The molecule has 0 saturated heterocycles. The van der Waals surface area contributed by atoms with Gasteiger partial charge in [-0.15, -0.1) is 0 Å². The van der Waals surface area contributed by atoms with E-state index in [1.54, 1.807) is 0 Å². The summed E-state index contributed by atoms with van der Waals surface area (Å²) >= 11 is 0. The molecule has 0 bridgehead atoms. The Bertz CT molecular complexity index is 545. The molecule has 19 heavy (non-hydrogen) atoms. The van der Waals surface area contributed by atoms with E-state index in [0.717, 1.165) is 24.6 Å². The average molecular weight is 258 g/mol. The first kappa shape index (κ1) is 13.7. The normalized spacial score (nSPS) is 10.7. The molecular weight excluding hydrogens is 236 g/mol. The molecule has 3 heteroatoms. The maximum atomic E-state index is 5.62. The van der Waals surface area contributed by atoms with E-state index < -0.39 is 0 Å². The lowest BCUT2D eigenvalue weighted by atomic mass is 10.1. The predicted molar refractivity (Wildman–Crippen MR) is 79.2 cm³/mol. The van der Waals surface area contributed by atoms with E-state index in [2.05, 4.69) is 49.1 Å². The second-order valence-corrected chi connectivity index (χ2v) is 4.85. The van der Waals surface area contributed by atoms with Crippen molar-refractivity contribution in [1.29, 1.82) is 0 Å². The summed E-state index contributed by atoms with van der Waals surface area (Å²) in [5, 5.41) is 0. The molecule has 0 unspecified atom stereocenters. The van der Waals surface area contributed by atoms with E-state index >= 15 is 0 Å². The fourth-order valence-electron chi connectivity index (χ4n) is 2.26. The second kappa shape index (κ2) is 5.93. The van der Waals surface area contributed by atoms with Crippen LogP contribution < -0.4 is 10.6 Å². The average Bonchev–Trinajstić information content (AvgIpc) is 2.76. The van der Waals surface area contributed by atoms with E-state index in [0.29, 0.717) is 6.54 Å². The van der Waals surface area contributed by atoms with Crippen molar-refractivity contribution in [2.75, 3.05) is 11.4 Å². The molecule has 2 N–H and O–H groups in total. The predicted octanol–water partition coefficient (Wildman–Crippen LogP) is 3.38. The quantitative estimate of drug-likeness (QED) is 0.894. The maximum absolute atomic E-state index is 5.62. The Labute approximate surface area is 115 Å². The summed E-state index contributed by atoms with van der Waals surface area (Å²) < 4.78 is 5.62. The lowest BCUT2D eigenvalue weighted by Crippen LogP contribution is -2.22. The van der Waals surface area contributed by atoms with Gasteiger partial charge in [0.05, 0.1) is 6.54 Å². The minimum atomic E-state index is 0.456. The minimum Gasteiger partial charge on any atom is -0.465 e. The Hall–Kier alpha value is -1.74. The van der Waals surface area contributed by atoms with Crippen LogP contribution in [0.15, 0.2) is 34.7 Å².